The molecule has 0 bridgehead atoms. The second-order valence-electron chi connectivity index (χ2n) is 1.87. The molecule has 2 nitrogen and oxygen atoms in total. The Kier molecular flexibility index (Phi) is 2.36. The number of hydrogen-bond acceptors (Lipinski definition) is 2. The zero-order valence-electron chi connectivity index (χ0n) is 4.94. The first kappa shape index (κ1) is 6.89. The van der Waals surface area contributed by atoms with Crippen LogP contribution in [0.4, 0.5) is 0 Å². The van der Waals surface area contributed by atoms with E-state index in [1.165, 1.54) is 0 Å². The molecule has 4 heteroatoms. The van der Waals surface area contributed by atoms with E-state index >= 15 is 0 Å². The van der Waals surface area contributed by atoms with Crippen LogP contribution in [-0.2, 0) is 0 Å². The lowest BCUT2D eigenvalue weighted by Gasteiger charge is -2.00. The molecule has 1 heterocycles. The number of nitrogens with one attached hydrogen (secondary N) is 2. The van der Waals surface area contributed by atoms with Crippen molar-refractivity contribution in [3.63, 3.8) is 0 Å². The topological polar surface area (TPSA) is 24.1 Å². The van der Waals surface area contributed by atoms with E-state index in [2.05, 4.69) is 10.6 Å². The number of hydrogen-bond donors (Lipinski definition) is 2. The lowest BCUT2D eigenvalue weighted by atomic mass is 10.4. The minimum atomic E-state index is 0.683. The minimum Gasteiger partial charge on any atom is -0.374 e. The van der Waals surface area contributed by atoms with Crippen molar-refractivity contribution >= 4 is 34.4 Å². The van der Waals surface area contributed by atoms with Crippen LogP contribution in [0.2, 0.25) is 0 Å². The largest absolute Gasteiger partial charge is 0.374 e. The highest BCUT2D eigenvalue weighted by molar-refractivity contribution is 7.89. The highest BCUT2D eigenvalue weighted by atomic mass is 32.1. The fourth-order valence-corrected chi connectivity index (χ4v) is 1.00. The Hall–Kier alpha value is -0.220. The Bertz CT molecular complexity index is 128. The van der Waals surface area contributed by atoms with E-state index in [-0.39, 0.29) is 0 Å². The molecule has 0 aromatic heterocycles. The van der Waals surface area contributed by atoms with Crippen molar-refractivity contribution in [2.45, 2.75) is 6.42 Å². The quantitative estimate of drug-likeness (QED) is 0.495. The van der Waals surface area contributed by atoms with Gasteiger partial charge in [-0.3, -0.25) is 0 Å². The van der Waals surface area contributed by atoms with Gasteiger partial charge in [-0.25, -0.2) is 0 Å². The molecule has 1 saturated heterocycles. The van der Waals surface area contributed by atoms with Gasteiger partial charge in [-0.2, -0.15) is 0 Å². The van der Waals surface area contributed by atoms with E-state index in [0.717, 1.165) is 19.5 Å². The van der Waals surface area contributed by atoms with Gasteiger partial charge in [0.05, 0.1) is 0 Å². The highest BCUT2D eigenvalue weighted by Gasteiger charge is 2.05. The van der Waals surface area contributed by atoms with Gasteiger partial charge < -0.3 is 10.6 Å². The van der Waals surface area contributed by atoms with E-state index < -0.39 is 0 Å². The van der Waals surface area contributed by atoms with Crippen LogP contribution in [0.25, 0.3) is 0 Å². The molecule has 0 unspecified atom stereocenters. The van der Waals surface area contributed by atoms with Crippen molar-refractivity contribution in [3.8, 4) is 0 Å². The maximum absolute atomic E-state index is 4.90. The molecule has 0 aliphatic carbocycles. The third kappa shape index (κ3) is 1.87. The van der Waals surface area contributed by atoms with Gasteiger partial charge >= 0.3 is 0 Å². The summed E-state index contributed by atoms with van der Waals surface area (Å²) in [6, 6.07) is 0. The first-order valence-corrected chi connectivity index (χ1v) is 3.68. The molecule has 2 N–H and O–H groups in total. The Balaban J connectivity index is 2.51. The van der Waals surface area contributed by atoms with E-state index in [9.17, 15) is 0 Å². The molecule has 0 radical (unpaired) electrons. The third-order valence-electron chi connectivity index (χ3n) is 1.13. The summed E-state index contributed by atoms with van der Waals surface area (Å²) in [6.45, 7) is 1.87. The molecule has 0 aromatic carbocycles. The van der Waals surface area contributed by atoms with Crippen LogP contribution in [-0.4, -0.2) is 23.1 Å². The van der Waals surface area contributed by atoms with Crippen LogP contribution in [0.1, 0.15) is 6.42 Å². The molecule has 0 amide bonds. The predicted octanol–water partition coefficient (Wildman–Crippen LogP) is 0.224. The molecule has 1 aliphatic rings. The van der Waals surface area contributed by atoms with E-state index in [0.29, 0.717) is 9.98 Å². The lowest BCUT2D eigenvalue weighted by molar-refractivity contribution is 0.772. The minimum absolute atomic E-state index is 0.683. The highest BCUT2D eigenvalue weighted by Crippen LogP contribution is 1.85. The summed E-state index contributed by atoms with van der Waals surface area (Å²) in [6.07, 6.45) is 1.08. The Labute approximate surface area is 65.0 Å². The summed E-state index contributed by atoms with van der Waals surface area (Å²) in [5.74, 6) is 0. The first-order valence-electron chi connectivity index (χ1n) is 2.87. The average Bonchev–Trinajstić information content (AvgIpc) is 1.99. The Morgan fingerprint density at radius 1 is 1.00 bits per heavy atom. The van der Waals surface area contributed by atoms with Crippen molar-refractivity contribution in [3.05, 3.63) is 0 Å². The molecular formula is C5H8N2S2. The second-order valence-corrected chi connectivity index (χ2v) is 2.68. The molecular weight excluding hydrogens is 152 g/mol. The van der Waals surface area contributed by atoms with Crippen molar-refractivity contribution in [1.82, 2.24) is 10.6 Å². The van der Waals surface area contributed by atoms with E-state index in [4.69, 9.17) is 24.4 Å². The molecule has 9 heavy (non-hydrogen) atoms. The molecule has 0 atom stereocenters. The summed E-state index contributed by atoms with van der Waals surface area (Å²) in [5, 5.41) is 6.04. The predicted molar refractivity (Wildman–Crippen MR) is 45.8 cm³/mol. The lowest BCUT2D eigenvalue weighted by Crippen LogP contribution is -2.32. The normalized spacial score (nSPS) is 20.0. The molecule has 1 rings (SSSR count). The first-order chi connectivity index (χ1) is 4.30. The van der Waals surface area contributed by atoms with E-state index in [1.807, 2.05) is 0 Å². The summed E-state index contributed by atoms with van der Waals surface area (Å²) < 4.78 is 0. The van der Waals surface area contributed by atoms with Gasteiger partial charge in [0.25, 0.3) is 0 Å². The zero-order valence-corrected chi connectivity index (χ0v) is 6.57. The second kappa shape index (κ2) is 3.08. The molecule has 0 saturated carbocycles. The standard InChI is InChI=1S/C5H8N2S2/c8-4-5(9)7-3-1-2-6-4/h1-3H2,(H,6,8)(H,7,9). The molecule has 0 aromatic rings. The number of thiocarbonyl (C=S) groups is 2. The van der Waals surface area contributed by atoms with Crippen molar-refractivity contribution < 1.29 is 0 Å². The van der Waals surface area contributed by atoms with Gasteiger partial charge in [0, 0.05) is 13.1 Å². The van der Waals surface area contributed by atoms with Crippen molar-refractivity contribution in [1.29, 1.82) is 0 Å². The average molecular weight is 160 g/mol. The Morgan fingerprint density at radius 3 is 1.89 bits per heavy atom. The van der Waals surface area contributed by atoms with Crippen molar-refractivity contribution in [2.24, 2.45) is 0 Å². The van der Waals surface area contributed by atoms with Crippen LogP contribution in [0.5, 0.6) is 0 Å². The van der Waals surface area contributed by atoms with Crippen molar-refractivity contribution in [2.75, 3.05) is 13.1 Å². The third-order valence-corrected chi connectivity index (χ3v) is 1.96. The van der Waals surface area contributed by atoms with Gasteiger partial charge in [-0.1, -0.05) is 24.4 Å². The van der Waals surface area contributed by atoms with Gasteiger partial charge in [-0.15, -0.1) is 0 Å². The maximum Gasteiger partial charge on any atom is 0.134 e. The molecule has 0 spiro atoms. The zero-order chi connectivity index (χ0) is 6.69. The SMILES string of the molecule is S=C1NCCCNC1=S. The fourth-order valence-electron chi connectivity index (χ4n) is 0.653. The monoisotopic (exact) mass is 160 g/mol. The van der Waals surface area contributed by atoms with Gasteiger partial charge in [0.1, 0.15) is 9.98 Å². The summed E-state index contributed by atoms with van der Waals surface area (Å²) in [4.78, 5) is 1.37. The smallest absolute Gasteiger partial charge is 0.134 e. The summed E-state index contributed by atoms with van der Waals surface area (Å²) in [7, 11) is 0. The number of rotatable bonds is 0. The van der Waals surface area contributed by atoms with E-state index in [1.54, 1.807) is 0 Å². The Morgan fingerprint density at radius 2 is 1.44 bits per heavy atom. The van der Waals surface area contributed by atoms with Crippen LogP contribution >= 0.6 is 24.4 Å². The van der Waals surface area contributed by atoms with Crippen LogP contribution in [0.3, 0.4) is 0 Å². The van der Waals surface area contributed by atoms with Crippen LogP contribution in [0.15, 0.2) is 0 Å². The fraction of sp³-hybridized carbons (Fsp3) is 0.600. The molecule has 1 fully saturated rings. The van der Waals surface area contributed by atoms with Gasteiger partial charge in [0.15, 0.2) is 0 Å². The molecule has 50 valence electrons. The maximum atomic E-state index is 4.90. The van der Waals surface area contributed by atoms with Crippen LogP contribution < -0.4 is 10.6 Å². The van der Waals surface area contributed by atoms with Gasteiger partial charge in [0.2, 0.25) is 0 Å². The summed E-state index contributed by atoms with van der Waals surface area (Å²) >= 11 is 9.80. The van der Waals surface area contributed by atoms with Crippen LogP contribution in [0, 0.1) is 0 Å². The summed E-state index contributed by atoms with van der Waals surface area (Å²) in [5.41, 5.74) is 0. The molecule has 1 aliphatic heterocycles. The van der Waals surface area contributed by atoms with Gasteiger partial charge in [-0.05, 0) is 6.42 Å².